The normalized spacial score (nSPS) is 12.5. The van der Waals surface area contributed by atoms with E-state index in [1.165, 1.54) is 4.90 Å². The van der Waals surface area contributed by atoms with Crippen LogP contribution in [0.5, 0.6) is 0 Å². The lowest BCUT2D eigenvalue weighted by molar-refractivity contribution is -0.919. The van der Waals surface area contributed by atoms with Gasteiger partial charge in [0.25, 0.3) is 0 Å². The molecule has 0 fully saturated rings. The molecule has 0 atom stereocenters. The summed E-state index contributed by atoms with van der Waals surface area (Å²) in [5, 5.41) is 0. The van der Waals surface area contributed by atoms with E-state index in [0.717, 1.165) is 4.48 Å². The minimum absolute atomic E-state index is 0.0777. The SMILES string of the molecule is CN(C)C(=O)OCC(C)(C)[N+](C)(C)C. The third-order valence-corrected chi connectivity index (χ3v) is 2.73. The van der Waals surface area contributed by atoms with Crippen molar-refractivity contribution in [2.45, 2.75) is 19.4 Å². The zero-order valence-corrected chi connectivity index (χ0v) is 10.4. The van der Waals surface area contributed by atoms with Crippen molar-refractivity contribution in [3.05, 3.63) is 0 Å². The number of likely N-dealkylation sites (N-methyl/N-ethyl adjacent to an activating group) is 1. The number of ether oxygens (including phenoxy) is 1. The third kappa shape index (κ3) is 3.54. The Labute approximate surface area is 87.0 Å². The predicted octanol–water partition coefficient (Wildman–Crippen LogP) is 1.17. The molecule has 4 heteroatoms. The van der Waals surface area contributed by atoms with Crippen LogP contribution in [-0.4, -0.2) is 62.9 Å². The minimum atomic E-state index is -0.286. The van der Waals surface area contributed by atoms with E-state index in [0.29, 0.717) is 6.61 Å². The van der Waals surface area contributed by atoms with Gasteiger partial charge < -0.3 is 14.1 Å². The maximum absolute atomic E-state index is 11.2. The molecule has 4 nitrogen and oxygen atoms in total. The molecule has 0 aromatic carbocycles. The quantitative estimate of drug-likeness (QED) is 0.644. The lowest BCUT2D eigenvalue weighted by Crippen LogP contribution is -2.56. The summed E-state index contributed by atoms with van der Waals surface area (Å²) in [6, 6.07) is 0. The van der Waals surface area contributed by atoms with Crippen molar-refractivity contribution in [3.63, 3.8) is 0 Å². The molecule has 0 aromatic rings. The summed E-state index contributed by atoms with van der Waals surface area (Å²) in [5.74, 6) is 0. The van der Waals surface area contributed by atoms with Gasteiger partial charge in [-0.1, -0.05) is 0 Å². The monoisotopic (exact) mass is 203 g/mol. The zero-order valence-electron chi connectivity index (χ0n) is 10.4. The van der Waals surface area contributed by atoms with Crippen molar-refractivity contribution in [3.8, 4) is 0 Å². The molecule has 0 N–H and O–H groups in total. The van der Waals surface area contributed by atoms with E-state index in [9.17, 15) is 4.79 Å². The van der Waals surface area contributed by atoms with Gasteiger partial charge >= 0.3 is 6.09 Å². The predicted molar refractivity (Wildman–Crippen MR) is 57.1 cm³/mol. The van der Waals surface area contributed by atoms with Crippen LogP contribution in [0.2, 0.25) is 0 Å². The second-order valence-electron chi connectivity index (χ2n) is 5.27. The van der Waals surface area contributed by atoms with E-state index in [2.05, 4.69) is 35.0 Å². The number of hydrogen-bond donors (Lipinski definition) is 0. The van der Waals surface area contributed by atoms with E-state index in [-0.39, 0.29) is 11.6 Å². The molecule has 0 rings (SSSR count). The van der Waals surface area contributed by atoms with Gasteiger partial charge in [0.05, 0.1) is 21.1 Å². The van der Waals surface area contributed by atoms with E-state index < -0.39 is 0 Å². The van der Waals surface area contributed by atoms with Crippen molar-refractivity contribution in [1.29, 1.82) is 0 Å². The van der Waals surface area contributed by atoms with Gasteiger partial charge in [0.15, 0.2) is 0 Å². The summed E-state index contributed by atoms with van der Waals surface area (Å²) in [6.45, 7) is 4.58. The van der Waals surface area contributed by atoms with Gasteiger partial charge in [0, 0.05) is 14.1 Å². The van der Waals surface area contributed by atoms with E-state index in [1.807, 2.05) is 0 Å². The van der Waals surface area contributed by atoms with Crippen LogP contribution in [-0.2, 0) is 4.74 Å². The number of rotatable bonds is 3. The van der Waals surface area contributed by atoms with Crippen molar-refractivity contribution in [1.82, 2.24) is 4.90 Å². The van der Waals surface area contributed by atoms with Crippen LogP contribution >= 0.6 is 0 Å². The summed E-state index contributed by atoms with van der Waals surface area (Å²) in [4.78, 5) is 12.6. The highest BCUT2D eigenvalue weighted by atomic mass is 16.6. The molecular weight excluding hydrogens is 180 g/mol. The fourth-order valence-corrected chi connectivity index (χ4v) is 0.561. The van der Waals surface area contributed by atoms with Gasteiger partial charge in [-0.05, 0) is 13.8 Å². The second-order valence-corrected chi connectivity index (χ2v) is 5.27. The van der Waals surface area contributed by atoms with Gasteiger partial charge in [0.1, 0.15) is 12.1 Å². The Kier molecular flexibility index (Phi) is 3.94. The Morgan fingerprint density at radius 2 is 1.71 bits per heavy atom. The van der Waals surface area contributed by atoms with Crippen LogP contribution in [0.1, 0.15) is 13.8 Å². The fraction of sp³-hybridized carbons (Fsp3) is 0.900. The molecule has 0 spiro atoms. The number of hydrogen-bond acceptors (Lipinski definition) is 2. The molecule has 0 radical (unpaired) electrons. The van der Waals surface area contributed by atoms with Crippen molar-refractivity contribution in [2.24, 2.45) is 0 Å². The molecule has 0 saturated heterocycles. The van der Waals surface area contributed by atoms with E-state index >= 15 is 0 Å². The Morgan fingerprint density at radius 3 is 2.00 bits per heavy atom. The number of carbonyl (C=O) groups is 1. The van der Waals surface area contributed by atoms with Crippen LogP contribution in [0.4, 0.5) is 4.79 Å². The van der Waals surface area contributed by atoms with Gasteiger partial charge in [-0.15, -0.1) is 0 Å². The third-order valence-electron chi connectivity index (χ3n) is 2.73. The summed E-state index contributed by atoms with van der Waals surface area (Å²) in [5.41, 5.74) is -0.0777. The molecule has 0 aliphatic carbocycles. The van der Waals surface area contributed by atoms with Crippen LogP contribution in [0.15, 0.2) is 0 Å². The average Bonchev–Trinajstić information content (AvgIpc) is 1.97. The first-order valence-electron chi connectivity index (χ1n) is 4.73. The lowest BCUT2D eigenvalue weighted by atomic mass is 10.0. The first kappa shape index (κ1) is 13.2. The van der Waals surface area contributed by atoms with E-state index in [1.54, 1.807) is 14.1 Å². The molecule has 0 saturated carbocycles. The van der Waals surface area contributed by atoms with Gasteiger partial charge in [0.2, 0.25) is 0 Å². The highest BCUT2D eigenvalue weighted by Gasteiger charge is 2.34. The van der Waals surface area contributed by atoms with Gasteiger partial charge in [-0.2, -0.15) is 0 Å². The maximum atomic E-state index is 11.2. The second kappa shape index (κ2) is 4.17. The summed E-state index contributed by atoms with van der Waals surface area (Å²) < 4.78 is 5.92. The molecule has 1 amide bonds. The molecule has 0 aliphatic rings. The van der Waals surface area contributed by atoms with E-state index in [4.69, 9.17) is 4.74 Å². The number of quaternary nitrogens is 1. The molecule has 0 aromatic heterocycles. The number of amides is 1. The topological polar surface area (TPSA) is 29.5 Å². The number of nitrogens with zero attached hydrogens (tertiary/aromatic N) is 2. The molecule has 84 valence electrons. The molecule has 0 bridgehead atoms. The Hall–Kier alpha value is -0.770. The van der Waals surface area contributed by atoms with Crippen LogP contribution < -0.4 is 0 Å². The molecule has 0 heterocycles. The molecule has 0 aliphatic heterocycles. The van der Waals surface area contributed by atoms with Crippen LogP contribution in [0.25, 0.3) is 0 Å². The van der Waals surface area contributed by atoms with Crippen LogP contribution in [0.3, 0.4) is 0 Å². The Balaban J connectivity index is 4.20. The van der Waals surface area contributed by atoms with Crippen molar-refractivity contribution < 1.29 is 14.0 Å². The number of carbonyl (C=O) groups excluding carboxylic acids is 1. The first-order valence-corrected chi connectivity index (χ1v) is 4.73. The lowest BCUT2D eigenvalue weighted by Gasteiger charge is -2.40. The van der Waals surface area contributed by atoms with Crippen molar-refractivity contribution in [2.75, 3.05) is 41.8 Å². The Bertz CT molecular complexity index is 205. The summed E-state index contributed by atoms with van der Waals surface area (Å²) in [7, 11) is 9.62. The highest BCUT2D eigenvalue weighted by Crippen LogP contribution is 2.17. The minimum Gasteiger partial charge on any atom is -0.443 e. The van der Waals surface area contributed by atoms with Gasteiger partial charge in [-0.3, -0.25) is 0 Å². The largest absolute Gasteiger partial charge is 0.443 e. The standard InChI is InChI=1S/C10H23N2O2/c1-10(2,12(5,6)7)8-14-9(13)11(3)4/h8H2,1-7H3/q+1. The van der Waals surface area contributed by atoms with Crippen molar-refractivity contribution >= 4 is 6.09 Å². The molecule has 0 unspecified atom stereocenters. The first-order chi connectivity index (χ1) is 6.08. The fourth-order valence-electron chi connectivity index (χ4n) is 0.561. The summed E-state index contributed by atoms with van der Waals surface area (Å²) >= 11 is 0. The maximum Gasteiger partial charge on any atom is 0.409 e. The van der Waals surface area contributed by atoms with Crippen LogP contribution in [0, 0.1) is 0 Å². The Morgan fingerprint density at radius 1 is 1.29 bits per heavy atom. The van der Waals surface area contributed by atoms with Gasteiger partial charge in [-0.25, -0.2) is 4.79 Å². The summed E-state index contributed by atoms with van der Waals surface area (Å²) in [6.07, 6.45) is -0.286. The highest BCUT2D eigenvalue weighted by molar-refractivity contribution is 5.66. The molecule has 14 heavy (non-hydrogen) atoms. The average molecular weight is 203 g/mol. The smallest absolute Gasteiger partial charge is 0.409 e. The molecular formula is C10H23N2O2+. The zero-order chi connectivity index (χ0) is 11.6.